The van der Waals surface area contributed by atoms with Crippen LogP contribution < -0.4 is 14.8 Å². The van der Waals surface area contributed by atoms with Gasteiger partial charge in [-0.05, 0) is 49.6 Å². The average molecular weight is 380 g/mol. The summed E-state index contributed by atoms with van der Waals surface area (Å²) in [5.74, 6) is 1.23. The zero-order valence-corrected chi connectivity index (χ0v) is 15.9. The van der Waals surface area contributed by atoms with Crippen LogP contribution in [0.4, 0.5) is 0 Å². The molecule has 2 aromatic rings. The van der Waals surface area contributed by atoms with Crippen LogP contribution in [0.1, 0.15) is 34.3 Å². The molecule has 2 heterocycles. The Kier molecular flexibility index (Phi) is 5.19. The van der Waals surface area contributed by atoms with Gasteiger partial charge in [0.15, 0.2) is 11.5 Å². The van der Waals surface area contributed by atoms with Crippen LogP contribution in [0.25, 0.3) is 0 Å². The number of carbonyl (C=O) groups excluding carboxylic acids is 2. The van der Waals surface area contributed by atoms with E-state index in [9.17, 15) is 9.59 Å². The summed E-state index contributed by atoms with van der Waals surface area (Å²) in [6.07, 6.45) is 1.63. The minimum Gasteiger partial charge on any atom is -0.454 e. The zero-order chi connectivity index (χ0) is 19.5. The fraction of sp³-hybridized carbons (Fsp3) is 0.364. The number of ether oxygens (including phenoxy) is 2. The lowest BCUT2D eigenvalue weighted by Crippen LogP contribution is -2.45. The molecule has 1 atom stereocenters. The molecule has 2 aromatic carbocycles. The van der Waals surface area contributed by atoms with Gasteiger partial charge in [0.2, 0.25) is 12.7 Å². The molecule has 1 unspecified atom stereocenters. The Morgan fingerprint density at radius 1 is 1.11 bits per heavy atom. The molecule has 1 fully saturated rings. The van der Waals surface area contributed by atoms with E-state index in [1.54, 1.807) is 4.90 Å². The van der Waals surface area contributed by atoms with E-state index in [0.29, 0.717) is 30.9 Å². The van der Waals surface area contributed by atoms with Gasteiger partial charge in [-0.25, -0.2) is 0 Å². The van der Waals surface area contributed by atoms with Gasteiger partial charge in [0, 0.05) is 25.2 Å². The van der Waals surface area contributed by atoms with Gasteiger partial charge in [0.05, 0.1) is 5.92 Å². The molecule has 2 aliphatic heterocycles. The molecule has 0 spiro atoms. The number of carbonyl (C=O) groups is 2. The third-order valence-corrected chi connectivity index (χ3v) is 5.28. The van der Waals surface area contributed by atoms with Crippen LogP contribution in [-0.2, 0) is 11.3 Å². The minimum absolute atomic E-state index is 0.00623. The largest absolute Gasteiger partial charge is 0.454 e. The number of rotatable bonds is 4. The zero-order valence-electron chi connectivity index (χ0n) is 15.9. The predicted octanol–water partition coefficient (Wildman–Crippen LogP) is 2.89. The van der Waals surface area contributed by atoms with Gasteiger partial charge in [-0.15, -0.1) is 0 Å². The Labute approximate surface area is 164 Å². The summed E-state index contributed by atoms with van der Waals surface area (Å²) in [5, 5.41) is 2.99. The van der Waals surface area contributed by atoms with Gasteiger partial charge in [0.1, 0.15) is 0 Å². The minimum atomic E-state index is -0.183. The van der Waals surface area contributed by atoms with Crippen molar-refractivity contribution in [3.63, 3.8) is 0 Å². The van der Waals surface area contributed by atoms with E-state index < -0.39 is 0 Å². The number of benzene rings is 2. The third kappa shape index (κ3) is 3.96. The van der Waals surface area contributed by atoms with Crippen molar-refractivity contribution in [3.8, 4) is 11.5 Å². The first-order valence-electron chi connectivity index (χ1n) is 9.62. The van der Waals surface area contributed by atoms with Gasteiger partial charge in [-0.2, -0.15) is 0 Å². The van der Waals surface area contributed by atoms with E-state index >= 15 is 0 Å². The van der Waals surface area contributed by atoms with Crippen molar-refractivity contribution in [1.82, 2.24) is 10.2 Å². The molecule has 1 saturated heterocycles. The Hall–Kier alpha value is -3.02. The van der Waals surface area contributed by atoms with Crippen molar-refractivity contribution in [1.29, 1.82) is 0 Å². The first-order chi connectivity index (χ1) is 13.6. The van der Waals surface area contributed by atoms with Crippen molar-refractivity contribution in [2.75, 3.05) is 19.9 Å². The lowest BCUT2D eigenvalue weighted by Gasteiger charge is -2.32. The Morgan fingerprint density at radius 3 is 2.71 bits per heavy atom. The Bertz CT molecular complexity index is 879. The van der Waals surface area contributed by atoms with Crippen molar-refractivity contribution >= 4 is 11.8 Å². The maximum Gasteiger partial charge on any atom is 0.253 e. The second kappa shape index (κ2) is 7.92. The van der Waals surface area contributed by atoms with E-state index in [-0.39, 0.29) is 24.5 Å². The Balaban J connectivity index is 1.34. The van der Waals surface area contributed by atoms with Crippen LogP contribution in [0.2, 0.25) is 0 Å². The number of nitrogens with zero attached hydrogens (tertiary/aromatic N) is 1. The monoisotopic (exact) mass is 380 g/mol. The first kappa shape index (κ1) is 18.3. The second-order valence-corrected chi connectivity index (χ2v) is 7.36. The lowest BCUT2D eigenvalue weighted by atomic mass is 9.96. The van der Waals surface area contributed by atoms with Crippen molar-refractivity contribution in [2.45, 2.75) is 26.3 Å². The molecule has 4 rings (SSSR count). The molecule has 0 aromatic heterocycles. The highest BCUT2D eigenvalue weighted by Gasteiger charge is 2.28. The van der Waals surface area contributed by atoms with E-state index in [1.807, 2.05) is 49.4 Å². The van der Waals surface area contributed by atoms with Crippen LogP contribution in [-0.4, -0.2) is 36.6 Å². The van der Waals surface area contributed by atoms with E-state index in [0.717, 1.165) is 29.7 Å². The summed E-state index contributed by atoms with van der Waals surface area (Å²) >= 11 is 0. The number of hydrogen-bond donors (Lipinski definition) is 1. The topological polar surface area (TPSA) is 67.9 Å². The molecule has 0 bridgehead atoms. The lowest BCUT2D eigenvalue weighted by molar-refractivity contribution is -0.126. The summed E-state index contributed by atoms with van der Waals surface area (Å²) in [6.45, 7) is 3.81. The highest BCUT2D eigenvalue weighted by atomic mass is 16.7. The van der Waals surface area contributed by atoms with Gasteiger partial charge in [0.25, 0.3) is 5.91 Å². The smallest absolute Gasteiger partial charge is 0.253 e. The molecule has 1 N–H and O–H groups in total. The molecule has 0 radical (unpaired) electrons. The summed E-state index contributed by atoms with van der Waals surface area (Å²) in [4.78, 5) is 27.2. The quantitative estimate of drug-likeness (QED) is 0.886. The Morgan fingerprint density at radius 2 is 1.89 bits per heavy atom. The normalized spacial score (nSPS) is 18.0. The number of nitrogens with one attached hydrogen (secondary N) is 1. The molecule has 146 valence electrons. The maximum atomic E-state index is 12.7. The SMILES string of the molecule is Cc1ccc(C(=O)N2CCCC(C(=O)NCc3ccc4c(c3)OCO4)C2)cc1. The molecule has 28 heavy (non-hydrogen) atoms. The van der Waals surface area contributed by atoms with Gasteiger partial charge < -0.3 is 19.7 Å². The van der Waals surface area contributed by atoms with Crippen molar-refractivity contribution in [3.05, 3.63) is 59.2 Å². The molecule has 0 saturated carbocycles. The van der Waals surface area contributed by atoms with Gasteiger partial charge >= 0.3 is 0 Å². The summed E-state index contributed by atoms with van der Waals surface area (Å²) < 4.78 is 10.7. The standard InChI is InChI=1S/C22H24N2O4/c1-15-4-7-17(8-5-15)22(26)24-10-2-3-18(13-24)21(25)23-12-16-6-9-19-20(11-16)28-14-27-19/h4-9,11,18H,2-3,10,12-14H2,1H3,(H,23,25). The average Bonchev–Trinajstić information content (AvgIpc) is 3.20. The number of aryl methyl sites for hydroxylation is 1. The van der Waals surface area contributed by atoms with Crippen LogP contribution >= 0.6 is 0 Å². The molecule has 0 aliphatic carbocycles. The predicted molar refractivity (Wildman–Crippen MR) is 104 cm³/mol. The van der Waals surface area contributed by atoms with E-state index in [1.165, 1.54) is 0 Å². The summed E-state index contributed by atoms with van der Waals surface area (Å²) in [7, 11) is 0. The third-order valence-electron chi connectivity index (χ3n) is 5.28. The first-order valence-corrected chi connectivity index (χ1v) is 9.62. The second-order valence-electron chi connectivity index (χ2n) is 7.36. The van der Waals surface area contributed by atoms with E-state index in [4.69, 9.17) is 9.47 Å². The summed E-state index contributed by atoms with van der Waals surface area (Å²) in [5.41, 5.74) is 2.75. The number of likely N-dealkylation sites (tertiary alicyclic amines) is 1. The number of amides is 2. The van der Waals surface area contributed by atoms with Crippen LogP contribution in [0, 0.1) is 12.8 Å². The molecule has 6 nitrogen and oxygen atoms in total. The van der Waals surface area contributed by atoms with Gasteiger partial charge in [-0.3, -0.25) is 9.59 Å². The molecular weight excluding hydrogens is 356 g/mol. The number of piperidine rings is 1. The van der Waals surface area contributed by atoms with Crippen LogP contribution in [0.15, 0.2) is 42.5 Å². The van der Waals surface area contributed by atoms with Crippen molar-refractivity contribution < 1.29 is 19.1 Å². The molecule has 2 amide bonds. The van der Waals surface area contributed by atoms with Crippen molar-refractivity contribution in [2.24, 2.45) is 5.92 Å². The van der Waals surface area contributed by atoms with Gasteiger partial charge in [-0.1, -0.05) is 23.8 Å². The van der Waals surface area contributed by atoms with Crippen LogP contribution in [0.3, 0.4) is 0 Å². The molecule has 2 aliphatic rings. The molecule has 6 heteroatoms. The fourth-order valence-electron chi connectivity index (χ4n) is 3.64. The number of hydrogen-bond acceptors (Lipinski definition) is 4. The maximum absolute atomic E-state index is 12.7. The van der Waals surface area contributed by atoms with E-state index in [2.05, 4.69) is 5.32 Å². The van der Waals surface area contributed by atoms with Crippen LogP contribution in [0.5, 0.6) is 11.5 Å². The number of fused-ring (bicyclic) bond motifs is 1. The highest BCUT2D eigenvalue weighted by Crippen LogP contribution is 2.32. The highest BCUT2D eigenvalue weighted by molar-refractivity contribution is 5.94. The fourth-order valence-corrected chi connectivity index (χ4v) is 3.64. The summed E-state index contributed by atoms with van der Waals surface area (Å²) in [6, 6.07) is 13.2. The molecular formula is C22H24N2O4.